The number of methoxy groups -OCH3 is 1. The van der Waals surface area contributed by atoms with Gasteiger partial charge in [0.05, 0.1) is 33.5 Å². The topological polar surface area (TPSA) is 86.6 Å². The summed E-state index contributed by atoms with van der Waals surface area (Å²) in [5.74, 6) is 0.767. The van der Waals surface area contributed by atoms with Crippen molar-refractivity contribution < 1.29 is 33.9 Å². The van der Waals surface area contributed by atoms with E-state index >= 15 is 0 Å². The highest BCUT2D eigenvalue weighted by Gasteiger charge is 2.46. The Balaban J connectivity index is 1.39. The smallest absolute Gasteiger partial charge is 0.184 e. The SMILES string of the molecule is COc1ccc(COC[C@H]2OC(O)[C@H](OCc3ccccc3)[C@@H](OCc3ccccc3)[C@@H]2O)cc1. The first-order valence-electron chi connectivity index (χ1n) is 11.7. The quantitative estimate of drug-likeness (QED) is 0.435. The lowest BCUT2D eigenvalue weighted by molar-refractivity contribution is -0.309. The average molecular weight is 481 g/mol. The van der Waals surface area contributed by atoms with Gasteiger partial charge in [-0.1, -0.05) is 72.8 Å². The zero-order valence-electron chi connectivity index (χ0n) is 19.7. The molecule has 1 heterocycles. The molecular formula is C28H32O7. The summed E-state index contributed by atoms with van der Waals surface area (Å²) in [6.07, 6.45) is -4.79. The zero-order valence-corrected chi connectivity index (χ0v) is 19.7. The lowest BCUT2D eigenvalue weighted by Crippen LogP contribution is -2.60. The summed E-state index contributed by atoms with van der Waals surface area (Å²) in [5, 5.41) is 21.9. The predicted octanol–water partition coefficient (Wildman–Crippen LogP) is 3.46. The van der Waals surface area contributed by atoms with Crippen molar-refractivity contribution in [3.8, 4) is 5.75 Å². The van der Waals surface area contributed by atoms with Crippen LogP contribution in [0.15, 0.2) is 84.9 Å². The van der Waals surface area contributed by atoms with Crippen molar-refractivity contribution in [3.05, 3.63) is 102 Å². The molecule has 0 amide bonds. The molecule has 1 fully saturated rings. The van der Waals surface area contributed by atoms with Crippen LogP contribution >= 0.6 is 0 Å². The number of rotatable bonds is 11. The third-order valence-electron chi connectivity index (χ3n) is 5.92. The van der Waals surface area contributed by atoms with E-state index in [1.165, 1.54) is 0 Å². The molecule has 7 heteroatoms. The Kier molecular flexibility index (Phi) is 9.25. The van der Waals surface area contributed by atoms with Gasteiger partial charge in [0.1, 0.15) is 30.2 Å². The number of hydrogen-bond donors (Lipinski definition) is 2. The van der Waals surface area contributed by atoms with E-state index in [-0.39, 0.29) is 19.8 Å². The summed E-state index contributed by atoms with van der Waals surface area (Å²) in [6.45, 7) is 0.930. The Morgan fingerprint density at radius 2 is 1.23 bits per heavy atom. The van der Waals surface area contributed by atoms with E-state index in [9.17, 15) is 10.2 Å². The molecule has 3 aromatic carbocycles. The first kappa shape index (κ1) is 25.3. The van der Waals surface area contributed by atoms with Gasteiger partial charge in [-0.05, 0) is 28.8 Å². The molecule has 0 saturated carbocycles. The van der Waals surface area contributed by atoms with Crippen LogP contribution < -0.4 is 4.74 Å². The van der Waals surface area contributed by atoms with E-state index in [1.807, 2.05) is 84.9 Å². The molecule has 0 spiro atoms. The maximum absolute atomic E-state index is 11.1. The minimum atomic E-state index is -1.28. The van der Waals surface area contributed by atoms with Crippen molar-refractivity contribution in [2.75, 3.05) is 13.7 Å². The van der Waals surface area contributed by atoms with Crippen LogP contribution in [-0.4, -0.2) is 54.6 Å². The summed E-state index contributed by atoms with van der Waals surface area (Å²) < 4.78 is 28.8. The molecule has 0 aromatic heterocycles. The fourth-order valence-corrected chi connectivity index (χ4v) is 3.96. The van der Waals surface area contributed by atoms with E-state index in [0.29, 0.717) is 6.61 Å². The normalized spacial score (nSPS) is 24.3. The summed E-state index contributed by atoms with van der Waals surface area (Å²) in [4.78, 5) is 0. The van der Waals surface area contributed by atoms with Gasteiger partial charge in [-0.2, -0.15) is 0 Å². The fourth-order valence-electron chi connectivity index (χ4n) is 3.96. The summed E-state index contributed by atoms with van der Waals surface area (Å²) >= 11 is 0. The largest absolute Gasteiger partial charge is 0.497 e. The zero-order chi connectivity index (χ0) is 24.5. The summed E-state index contributed by atoms with van der Waals surface area (Å²) in [7, 11) is 1.62. The minimum Gasteiger partial charge on any atom is -0.497 e. The van der Waals surface area contributed by atoms with E-state index in [0.717, 1.165) is 22.4 Å². The van der Waals surface area contributed by atoms with Gasteiger partial charge in [0.2, 0.25) is 0 Å². The minimum absolute atomic E-state index is 0.0842. The van der Waals surface area contributed by atoms with Gasteiger partial charge in [-0.15, -0.1) is 0 Å². The predicted molar refractivity (Wildman–Crippen MR) is 130 cm³/mol. The molecule has 0 radical (unpaired) electrons. The molecule has 5 atom stereocenters. The van der Waals surface area contributed by atoms with E-state index in [2.05, 4.69) is 0 Å². The highest BCUT2D eigenvalue weighted by Crippen LogP contribution is 2.27. The Morgan fingerprint density at radius 1 is 0.686 bits per heavy atom. The second-order valence-electron chi connectivity index (χ2n) is 8.44. The Morgan fingerprint density at radius 3 is 1.80 bits per heavy atom. The van der Waals surface area contributed by atoms with Gasteiger partial charge in [-0.3, -0.25) is 0 Å². The third-order valence-corrected chi connectivity index (χ3v) is 5.92. The standard InChI is InChI=1S/C28H32O7/c1-31-23-14-12-22(13-15-23)16-32-19-24-25(29)26(33-17-20-8-4-2-5-9-20)27(28(30)35-24)34-18-21-10-6-3-7-11-21/h2-15,24-30H,16-19H2,1H3/t24-,25-,26+,27-,28?/m1/s1. The number of hydrogen-bond acceptors (Lipinski definition) is 7. The first-order chi connectivity index (χ1) is 17.1. The Hall–Kier alpha value is -2.78. The van der Waals surface area contributed by atoms with E-state index in [4.69, 9.17) is 23.7 Å². The van der Waals surface area contributed by atoms with Crippen LogP contribution in [-0.2, 0) is 38.8 Å². The van der Waals surface area contributed by atoms with Crippen LogP contribution in [0.3, 0.4) is 0 Å². The molecule has 0 bridgehead atoms. The van der Waals surface area contributed by atoms with Gasteiger partial charge in [0.15, 0.2) is 6.29 Å². The number of aliphatic hydroxyl groups is 2. The molecular weight excluding hydrogens is 448 g/mol. The number of benzene rings is 3. The van der Waals surface area contributed by atoms with Crippen molar-refractivity contribution in [1.82, 2.24) is 0 Å². The van der Waals surface area contributed by atoms with Crippen LogP contribution in [0.4, 0.5) is 0 Å². The maximum atomic E-state index is 11.1. The molecule has 7 nitrogen and oxygen atoms in total. The van der Waals surface area contributed by atoms with Gasteiger partial charge in [-0.25, -0.2) is 0 Å². The van der Waals surface area contributed by atoms with Gasteiger partial charge in [0, 0.05) is 0 Å². The monoisotopic (exact) mass is 480 g/mol. The van der Waals surface area contributed by atoms with Crippen molar-refractivity contribution >= 4 is 0 Å². The second kappa shape index (κ2) is 12.8. The molecule has 35 heavy (non-hydrogen) atoms. The first-order valence-corrected chi connectivity index (χ1v) is 11.7. The number of aliphatic hydroxyl groups excluding tert-OH is 2. The van der Waals surface area contributed by atoms with Crippen LogP contribution in [0.25, 0.3) is 0 Å². The van der Waals surface area contributed by atoms with Crippen molar-refractivity contribution in [1.29, 1.82) is 0 Å². The van der Waals surface area contributed by atoms with Crippen LogP contribution in [0.5, 0.6) is 5.75 Å². The lowest BCUT2D eigenvalue weighted by atomic mass is 9.98. The maximum Gasteiger partial charge on any atom is 0.184 e. The summed E-state index contributed by atoms with van der Waals surface area (Å²) in [6, 6.07) is 26.8. The van der Waals surface area contributed by atoms with Crippen molar-refractivity contribution in [3.63, 3.8) is 0 Å². The molecule has 4 rings (SSSR count). The third kappa shape index (κ3) is 7.11. The van der Waals surface area contributed by atoms with Crippen LogP contribution in [0.2, 0.25) is 0 Å². The Bertz CT molecular complexity index is 997. The lowest BCUT2D eigenvalue weighted by Gasteiger charge is -2.42. The molecule has 3 aromatic rings. The second-order valence-corrected chi connectivity index (χ2v) is 8.44. The molecule has 1 aliphatic heterocycles. The van der Waals surface area contributed by atoms with Gasteiger partial charge in [0.25, 0.3) is 0 Å². The molecule has 1 saturated heterocycles. The van der Waals surface area contributed by atoms with Gasteiger partial charge < -0.3 is 33.9 Å². The van der Waals surface area contributed by atoms with E-state index in [1.54, 1.807) is 7.11 Å². The van der Waals surface area contributed by atoms with Crippen LogP contribution in [0, 0.1) is 0 Å². The van der Waals surface area contributed by atoms with Crippen molar-refractivity contribution in [2.45, 2.75) is 50.5 Å². The van der Waals surface area contributed by atoms with Crippen LogP contribution in [0.1, 0.15) is 16.7 Å². The molecule has 1 aliphatic rings. The molecule has 2 N–H and O–H groups in total. The highest BCUT2D eigenvalue weighted by molar-refractivity contribution is 5.26. The average Bonchev–Trinajstić information content (AvgIpc) is 2.90. The molecule has 186 valence electrons. The van der Waals surface area contributed by atoms with Gasteiger partial charge >= 0.3 is 0 Å². The molecule has 0 aliphatic carbocycles. The fraction of sp³-hybridized carbons (Fsp3) is 0.357. The highest BCUT2D eigenvalue weighted by atomic mass is 16.7. The number of ether oxygens (including phenoxy) is 5. The Labute approximate surface area is 205 Å². The van der Waals surface area contributed by atoms with Crippen molar-refractivity contribution in [2.24, 2.45) is 0 Å². The summed E-state index contributed by atoms with van der Waals surface area (Å²) in [5.41, 5.74) is 2.85. The molecule has 1 unspecified atom stereocenters. The van der Waals surface area contributed by atoms with E-state index < -0.39 is 30.7 Å².